The number of aryl methyl sites for hydroxylation is 2. The molecule has 0 radical (unpaired) electrons. The largest absolute Gasteiger partial charge is 0.310 e. The van der Waals surface area contributed by atoms with E-state index in [0.29, 0.717) is 6.04 Å². The maximum Gasteiger partial charge on any atom is 0.0351 e. The standard InChI is InChI=1S/C18H29N/c1-4-19-18(16-9-7-5-6-8-10-16)17-12-11-14(2)13-15(17)3/h11-13,16,18-19H,4-10H2,1-3H3. The molecule has 106 valence electrons. The molecule has 0 aliphatic heterocycles. The second-order valence-corrected chi connectivity index (χ2v) is 6.15. The summed E-state index contributed by atoms with van der Waals surface area (Å²) in [6.07, 6.45) is 8.48. The van der Waals surface area contributed by atoms with Crippen molar-refractivity contribution in [3.8, 4) is 0 Å². The highest BCUT2D eigenvalue weighted by molar-refractivity contribution is 5.33. The van der Waals surface area contributed by atoms with Gasteiger partial charge in [0.1, 0.15) is 0 Å². The highest BCUT2D eigenvalue weighted by Gasteiger charge is 2.24. The van der Waals surface area contributed by atoms with Crippen molar-refractivity contribution in [2.24, 2.45) is 5.92 Å². The van der Waals surface area contributed by atoms with Crippen molar-refractivity contribution in [3.63, 3.8) is 0 Å². The molecule has 1 fully saturated rings. The lowest BCUT2D eigenvalue weighted by atomic mass is 9.85. The Morgan fingerprint density at radius 3 is 2.37 bits per heavy atom. The van der Waals surface area contributed by atoms with Crippen LogP contribution >= 0.6 is 0 Å². The molecule has 1 saturated carbocycles. The van der Waals surface area contributed by atoms with E-state index < -0.39 is 0 Å². The SMILES string of the molecule is CCNC(c1ccc(C)cc1C)C1CCCCCC1. The summed E-state index contributed by atoms with van der Waals surface area (Å²) in [6.45, 7) is 7.75. The zero-order valence-electron chi connectivity index (χ0n) is 12.8. The van der Waals surface area contributed by atoms with Crippen LogP contribution < -0.4 is 5.32 Å². The minimum Gasteiger partial charge on any atom is -0.310 e. The summed E-state index contributed by atoms with van der Waals surface area (Å²) in [6, 6.07) is 7.51. The second kappa shape index (κ2) is 7.09. The molecule has 1 heteroatoms. The molecular formula is C18H29N. The summed E-state index contributed by atoms with van der Waals surface area (Å²) < 4.78 is 0. The molecule has 1 unspecified atom stereocenters. The van der Waals surface area contributed by atoms with Gasteiger partial charge in [0.15, 0.2) is 0 Å². The summed E-state index contributed by atoms with van der Waals surface area (Å²) >= 11 is 0. The van der Waals surface area contributed by atoms with Gasteiger partial charge in [0.05, 0.1) is 0 Å². The number of nitrogens with one attached hydrogen (secondary N) is 1. The molecule has 1 atom stereocenters. The molecule has 0 aromatic heterocycles. The van der Waals surface area contributed by atoms with Gasteiger partial charge in [0.2, 0.25) is 0 Å². The quantitative estimate of drug-likeness (QED) is 0.756. The maximum atomic E-state index is 3.76. The lowest BCUT2D eigenvalue weighted by Crippen LogP contribution is -2.28. The van der Waals surface area contributed by atoms with Gasteiger partial charge in [0, 0.05) is 6.04 Å². The van der Waals surface area contributed by atoms with Crippen molar-refractivity contribution in [2.75, 3.05) is 6.54 Å². The summed E-state index contributed by atoms with van der Waals surface area (Å²) in [5.74, 6) is 0.823. The van der Waals surface area contributed by atoms with Crippen molar-refractivity contribution >= 4 is 0 Å². The summed E-state index contributed by atoms with van der Waals surface area (Å²) in [7, 11) is 0. The van der Waals surface area contributed by atoms with Gasteiger partial charge in [-0.05, 0) is 50.3 Å². The fraction of sp³-hybridized carbons (Fsp3) is 0.667. The predicted molar refractivity (Wildman–Crippen MR) is 83.5 cm³/mol. The fourth-order valence-corrected chi connectivity index (χ4v) is 3.57. The van der Waals surface area contributed by atoms with Crippen LogP contribution in [0.3, 0.4) is 0 Å². The average molecular weight is 259 g/mol. The van der Waals surface area contributed by atoms with Gasteiger partial charge in [-0.2, -0.15) is 0 Å². The van der Waals surface area contributed by atoms with Crippen LogP contribution in [0.25, 0.3) is 0 Å². The lowest BCUT2D eigenvalue weighted by molar-refractivity contribution is 0.329. The van der Waals surface area contributed by atoms with E-state index in [1.54, 1.807) is 0 Å². The van der Waals surface area contributed by atoms with Crippen molar-refractivity contribution in [1.82, 2.24) is 5.32 Å². The van der Waals surface area contributed by atoms with E-state index >= 15 is 0 Å². The topological polar surface area (TPSA) is 12.0 Å². The first-order valence-electron chi connectivity index (χ1n) is 8.03. The molecule has 1 aromatic carbocycles. The van der Waals surface area contributed by atoms with E-state index in [1.807, 2.05) is 0 Å². The molecule has 1 aliphatic rings. The van der Waals surface area contributed by atoms with E-state index in [-0.39, 0.29) is 0 Å². The Bertz CT molecular complexity index is 389. The first-order chi connectivity index (χ1) is 9.22. The molecular weight excluding hydrogens is 230 g/mol. The third-order valence-corrected chi connectivity index (χ3v) is 4.56. The monoisotopic (exact) mass is 259 g/mol. The minimum atomic E-state index is 0.559. The van der Waals surface area contributed by atoms with Gasteiger partial charge in [-0.1, -0.05) is 56.4 Å². The van der Waals surface area contributed by atoms with Gasteiger partial charge in [0.25, 0.3) is 0 Å². The third-order valence-electron chi connectivity index (χ3n) is 4.56. The van der Waals surface area contributed by atoms with E-state index in [4.69, 9.17) is 0 Å². The third kappa shape index (κ3) is 3.82. The highest BCUT2D eigenvalue weighted by Crippen LogP contribution is 2.34. The average Bonchev–Trinajstić information content (AvgIpc) is 2.65. The molecule has 1 N–H and O–H groups in total. The number of rotatable bonds is 4. The van der Waals surface area contributed by atoms with Gasteiger partial charge >= 0.3 is 0 Å². The van der Waals surface area contributed by atoms with Crippen LogP contribution in [0.5, 0.6) is 0 Å². The predicted octanol–water partition coefficient (Wildman–Crippen LogP) is 4.92. The maximum absolute atomic E-state index is 3.76. The van der Waals surface area contributed by atoms with Gasteiger partial charge < -0.3 is 5.32 Å². The van der Waals surface area contributed by atoms with Crippen molar-refractivity contribution in [2.45, 2.75) is 65.3 Å². The van der Waals surface area contributed by atoms with Crippen LogP contribution in [-0.4, -0.2) is 6.54 Å². The van der Waals surface area contributed by atoms with Crippen LogP contribution in [0, 0.1) is 19.8 Å². The Morgan fingerprint density at radius 1 is 1.11 bits per heavy atom. The smallest absolute Gasteiger partial charge is 0.0351 e. The van der Waals surface area contributed by atoms with Crippen LogP contribution in [-0.2, 0) is 0 Å². The Kier molecular flexibility index (Phi) is 5.45. The van der Waals surface area contributed by atoms with Crippen LogP contribution in [0.15, 0.2) is 18.2 Å². The number of hydrogen-bond donors (Lipinski definition) is 1. The van der Waals surface area contributed by atoms with Gasteiger partial charge in [-0.3, -0.25) is 0 Å². The van der Waals surface area contributed by atoms with E-state index in [2.05, 4.69) is 44.3 Å². The zero-order valence-corrected chi connectivity index (χ0v) is 12.8. The summed E-state index contributed by atoms with van der Waals surface area (Å²) in [4.78, 5) is 0. The molecule has 0 saturated heterocycles. The van der Waals surface area contributed by atoms with Crippen LogP contribution in [0.2, 0.25) is 0 Å². The van der Waals surface area contributed by atoms with Gasteiger partial charge in [-0.25, -0.2) is 0 Å². The molecule has 2 rings (SSSR count). The van der Waals surface area contributed by atoms with E-state index in [1.165, 1.54) is 55.2 Å². The Hall–Kier alpha value is -0.820. The molecule has 1 aliphatic carbocycles. The van der Waals surface area contributed by atoms with Crippen molar-refractivity contribution in [1.29, 1.82) is 0 Å². The highest BCUT2D eigenvalue weighted by atomic mass is 14.9. The molecule has 0 spiro atoms. The zero-order chi connectivity index (χ0) is 13.7. The Morgan fingerprint density at radius 2 is 1.79 bits per heavy atom. The van der Waals surface area contributed by atoms with Crippen LogP contribution in [0.4, 0.5) is 0 Å². The molecule has 1 aromatic rings. The first kappa shape index (κ1) is 14.6. The molecule has 0 heterocycles. The number of hydrogen-bond acceptors (Lipinski definition) is 1. The lowest BCUT2D eigenvalue weighted by Gasteiger charge is -2.29. The first-order valence-corrected chi connectivity index (χ1v) is 8.03. The summed E-state index contributed by atoms with van der Waals surface area (Å²) in [5.41, 5.74) is 4.35. The normalized spacial score (nSPS) is 19.1. The van der Waals surface area contributed by atoms with E-state index in [9.17, 15) is 0 Å². The molecule has 19 heavy (non-hydrogen) atoms. The van der Waals surface area contributed by atoms with Gasteiger partial charge in [-0.15, -0.1) is 0 Å². The molecule has 1 nitrogen and oxygen atoms in total. The summed E-state index contributed by atoms with van der Waals surface area (Å²) in [5, 5.41) is 3.76. The Labute approximate surface area is 118 Å². The molecule has 0 amide bonds. The fourth-order valence-electron chi connectivity index (χ4n) is 3.57. The molecule has 0 bridgehead atoms. The minimum absolute atomic E-state index is 0.559. The van der Waals surface area contributed by atoms with Crippen molar-refractivity contribution < 1.29 is 0 Å². The number of benzene rings is 1. The van der Waals surface area contributed by atoms with E-state index in [0.717, 1.165) is 12.5 Å². The second-order valence-electron chi connectivity index (χ2n) is 6.15. The van der Waals surface area contributed by atoms with Crippen LogP contribution in [0.1, 0.15) is 68.2 Å². The van der Waals surface area contributed by atoms with Crippen molar-refractivity contribution in [3.05, 3.63) is 34.9 Å². The Balaban J connectivity index is 2.22.